The van der Waals surface area contributed by atoms with E-state index in [4.69, 9.17) is 4.74 Å². The average Bonchev–Trinajstić information content (AvgIpc) is 2.47. The van der Waals surface area contributed by atoms with E-state index in [0.29, 0.717) is 5.88 Å². The maximum absolute atomic E-state index is 6.07. The van der Waals surface area contributed by atoms with E-state index in [9.17, 15) is 0 Å². The molecular weight excluding hydrogens is 260 g/mol. The molecule has 1 aromatic carbocycles. The van der Waals surface area contributed by atoms with Crippen LogP contribution in [0.1, 0.15) is 46.1 Å². The molecule has 3 nitrogen and oxygen atoms in total. The minimum atomic E-state index is -0.191. The van der Waals surface area contributed by atoms with E-state index in [1.54, 1.807) is 0 Å². The number of aromatic nitrogens is 1. The van der Waals surface area contributed by atoms with Gasteiger partial charge in [-0.05, 0) is 44.9 Å². The normalized spacial score (nSPS) is 11.8. The number of hydrogen-bond donors (Lipinski definition) is 1. The molecule has 0 bridgehead atoms. The molecule has 0 saturated heterocycles. The molecule has 0 radical (unpaired) electrons. The fourth-order valence-electron chi connectivity index (χ4n) is 2.17. The molecule has 3 heteroatoms. The molecule has 1 aromatic heterocycles. The zero-order valence-electron chi connectivity index (χ0n) is 13.6. The third kappa shape index (κ3) is 4.18. The summed E-state index contributed by atoms with van der Waals surface area (Å²) in [5.74, 6) is 0.717. The third-order valence-electron chi connectivity index (χ3n) is 3.75. The fourth-order valence-corrected chi connectivity index (χ4v) is 2.17. The van der Waals surface area contributed by atoms with Crippen molar-refractivity contribution in [3.63, 3.8) is 0 Å². The van der Waals surface area contributed by atoms with Gasteiger partial charge in [-0.25, -0.2) is 4.98 Å². The fraction of sp³-hybridized carbons (Fsp3) is 0.500. The van der Waals surface area contributed by atoms with E-state index in [1.807, 2.05) is 12.1 Å². The number of pyridine rings is 1. The van der Waals surface area contributed by atoms with Gasteiger partial charge in [0.25, 0.3) is 0 Å². The van der Waals surface area contributed by atoms with Crippen LogP contribution in [0.15, 0.2) is 30.3 Å². The highest BCUT2D eigenvalue weighted by Gasteiger charge is 2.18. The highest BCUT2D eigenvalue weighted by molar-refractivity contribution is 5.82. The molecule has 0 amide bonds. The predicted molar refractivity (Wildman–Crippen MR) is 88.7 cm³/mol. The Morgan fingerprint density at radius 1 is 1.19 bits per heavy atom. The number of ether oxygens (including phenoxy) is 1. The molecular formula is C18H26N2O. The summed E-state index contributed by atoms with van der Waals surface area (Å²) in [6.07, 6.45) is 2.08. The predicted octanol–water partition coefficient (Wildman–Crippen LogP) is 4.30. The Kier molecular flexibility index (Phi) is 5.18. The SMILES string of the molecule is CCCNCc1cc(OC(C)(C)CC)nc2ccccc12. The standard InChI is InChI=1S/C18H26N2O/c1-5-11-19-13-14-12-17(21-18(3,4)6-2)20-16-10-8-7-9-15(14)16/h7-10,12,19H,5-6,11,13H2,1-4H3. The van der Waals surface area contributed by atoms with E-state index in [0.717, 1.165) is 31.4 Å². The van der Waals surface area contributed by atoms with Crippen LogP contribution in [0.4, 0.5) is 0 Å². The van der Waals surface area contributed by atoms with Crippen molar-refractivity contribution >= 4 is 10.9 Å². The molecule has 1 N–H and O–H groups in total. The number of nitrogens with one attached hydrogen (secondary N) is 1. The van der Waals surface area contributed by atoms with E-state index < -0.39 is 0 Å². The lowest BCUT2D eigenvalue weighted by molar-refractivity contribution is 0.0994. The molecule has 0 atom stereocenters. The molecule has 0 aliphatic rings. The van der Waals surface area contributed by atoms with Gasteiger partial charge < -0.3 is 10.1 Å². The van der Waals surface area contributed by atoms with Crippen molar-refractivity contribution in [1.29, 1.82) is 0 Å². The van der Waals surface area contributed by atoms with Gasteiger partial charge in [0.15, 0.2) is 0 Å². The van der Waals surface area contributed by atoms with Crippen molar-refractivity contribution in [3.05, 3.63) is 35.9 Å². The summed E-state index contributed by atoms with van der Waals surface area (Å²) in [7, 11) is 0. The monoisotopic (exact) mass is 286 g/mol. The first-order chi connectivity index (χ1) is 10.1. The Balaban J connectivity index is 2.34. The molecule has 0 saturated carbocycles. The summed E-state index contributed by atoms with van der Waals surface area (Å²) < 4.78 is 6.07. The maximum Gasteiger partial charge on any atom is 0.214 e. The Morgan fingerprint density at radius 2 is 1.95 bits per heavy atom. The highest BCUT2D eigenvalue weighted by atomic mass is 16.5. The van der Waals surface area contributed by atoms with Gasteiger partial charge in [-0.1, -0.05) is 32.0 Å². The van der Waals surface area contributed by atoms with Crippen molar-refractivity contribution in [1.82, 2.24) is 10.3 Å². The molecule has 114 valence electrons. The van der Waals surface area contributed by atoms with Crippen LogP contribution >= 0.6 is 0 Å². The van der Waals surface area contributed by atoms with E-state index in [1.165, 1.54) is 10.9 Å². The Hall–Kier alpha value is -1.61. The van der Waals surface area contributed by atoms with Crippen LogP contribution in [-0.2, 0) is 6.54 Å². The molecule has 0 fully saturated rings. The van der Waals surface area contributed by atoms with Crippen molar-refractivity contribution in [2.75, 3.05) is 6.54 Å². The van der Waals surface area contributed by atoms with Crippen molar-refractivity contribution < 1.29 is 4.74 Å². The van der Waals surface area contributed by atoms with Crippen molar-refractivity contribution in [2.45, 2.75) is 52.7 Å². The number of nitrogens with zero attached hydrogens (tertiary/aromatic N) is 1. The summed E-state index contributed by atoms with van der Waals surface area (Å²) >= 11 is 0. The van der Waals surface area contributed by atoms with Crippen LogP contribution in [0.5, 0.6) is 5.88 Å². The molecule has 0 aliphatic carbocycles. The van der Waals surface area contributed by atoms with Gasteiger partial charge in [-0.15, -0.1) is 0 Å². The first-order valence-electron chi connectivity index (χ1n) is 7.84. The average molecular weight is 286 g/mol. The second-order valence-corrected chi connectivity index (χ2v) is 6.03. The van der Waals surface area contributed by atoms with Gasteiger partial charge in [0.2, 0.25) is 5.88 Å². The summed E-state index contributed by atoms with van der Waals surface area (Å²) in [5, 5.41) is 4.66. The van der Waals surface area contributed by atoms with E-state index in [-0.39, 0.29) is 5.60 Å². The topological polar surface area (TPSA) is 34.1 Å². The lowest BCUT2D eigenvalue weighted by Gasteiger charge is -2.24. The molecule has 2 rings (SSSR count). The van der Waals surface area contributed by atoms with E-state index in [2.05, 4.69) is 56.2 Å². The lowest BCUT2D eigenvalue weighted by atomic mass is 10.1. The van der Waals surface area contributed by atoms with Gasteiger partial charge in [-0.2, -0.15) is 0 Å². The quantitative estimate of drug-likeness (QED) is 0.770. The Morgan fingerprint density at radius 3 is 2.67 bits per heavy atom. The van der Waals surface area contributed by atoms with Crippen LogP contribution in [0, 0.1) is 0 Å². The Labute approximate surface area is 127 Å². The number of hydrogen-bond acceptors (Lipinski definition) is 3. The van der Waals surface area contributed by atoms with Crippen LogP contribution < -0.4 is 10.1 Å². The van der Waals surface area contributed by atoms with Crippen LogP contribution in [0.25, 0.3) is 10.9 Å². The molecule has 21 heavy (non-hydrogen) atoms. The summed E-state index contributed by atoms with van der Waals surface area (Å²) in [4.78, 5) is 4.65. The van der Waals surface area contributed by atoms with E-state index >= 15 is 0 Å². The zero-order valence-corrected chi connectivity index (χ0v) is 13.6. The first kappa shape index (κ1) is 15.8. The van der Waals surface area contributed by atoms with Crippen LogP contribution in [0.3, 0.4) is 0 Å². The molecule has 2 aromatic rings. The van der Waals surface area contributed by atoms with Gasteiger partial charge >= 0.3 is 0 Å². The number of rotatable bonds is 7. The van der Waals surface area contributed by atoms with Crippen molar-refractivity contribution in [3.8, 4) is 5.88 Å². The molecule has 1 heterocycles. The highest BCUT2D eigenvalue weighted by Crippen LogP contribution is 2.25. The van der Waals surface area contributed by atoms with Gasteiger partial charge in [0.05, 0.1) is 5.52 Å². The zero-order chi connectivity index (χ0) is 15.3. The van der Waals surface area contributed by atoms with Crippen LogP contribution in [-0.4, -0.2) is 17.1 Å². The molecule has 0 spiro atoms. The largest absolute Gasteiger partial charge is 0.472 e. The second kappa shape index (κ2) is 6.90. The second-order valence-electron chi connectivity index (χ2n) is 6.03. The maximum atomic E-state index is 6.07. The first-order valence-corrected chi connectivity index (χ1v) is 7.84. The van der Waals surface area contributed by atoms with Gasteiger partial charge in [-0.3, -0.25) is 0 Å². The van der Waals surface area contributed by atoms with Gasteiger partial charge in [0.1, 0.15) is 5.60 Å². The summed E-state index contributed by atoms with van der Waals surface area (Å²) in [6.45, 7) is 10.4. The smallest absolute Gasteiger partial charge is 0.214 e. The number of benzene rings is 1. The molecule has 0 unspecified atom stereocenters. The minimum absolute atomic E-state index is 0.191. The number of fused-ring (bicyclic) bond motifs is 1. The summed E-state index contributed by atoms with van der Waals surface area (Å²) in [6, 6.07) is 10.3. The van der Waals surface area contributed by atoms with Crippen LogP contribution in [0.2, 0.25) is 0 Å². The third-order valence-corrected chi connectivity index (χ3v) is 3.75. The summed E-state index contributed by atoms with van der Waals surface area (Å²) in [5.41, 5.74) is 2.05. The van der Waals surface area contributed by atoms with Crippen molar-refractivity contribution in [2.24, 2.45) is 0 Å². The number of para-hydroxylation sites is 1. The minimum Gasteiger partial charge on any atom is -0.472 e. The lowest BCUT2D eigenvalue weighted by Crippen LogP contribution is -2.27. The molecule has 0 aliphatic heterocycles. The Bertz CT molecular complexity index is 593. The van der Waals surface area contributed by atoms with Gasteiger partial charge in [0, 0.05) is 18.0 Å².